The summed E-state index contributed by atoms with van der Waals surface area (Å²) in [5.41, 5.74) is 1.65. The minimum absolute atomic E-state index is 0.244. The Balaban J connectivity index is 1.67. The average molecular weight is 290 g/mol. The fraction of sp³-hybridized carbons (Fsp3) is 0.562. The van der Waals surface area contributed by atoms with Gasteiger partial charge in [-0.15, -0.1) is 0 Å². The molecular weight excluding hydrogens is 268 g/mol. The van der Waals surface area contributed by atoms with Gasteiger partial charge in [0.25, 0.3) is 0 Å². The molecule has 0 spiro atoms. The molecule has 0 fully saturated rings. The number of aliphatic imine (C=N–C) groups is 1. The van der Waals surface area contributed by atoms with E-state index in [1.165, 1.54) is 24.2 Å². The van der Waals surface area contributed by atoms with Crippen LogP contribution in [0.5, 0.6) is 5.75 Å². The summed E-state index contributed by atoms with van der Waals surface area (Å²) in [6.07, 6.45) is 2.42. The van der Waals surface area contributed by atoms with Crippen LogP contribution in [0.4, 0.5) is 0 Å². The van der Waals surface area contributed by atoms with E-state index in [9.17, 15) is 0 Å². The SMILES string of the molecule is CCC1(CC)CN=C(NC2COc3ccccc32)SC1. The zero-order valence-corrected chi connectivity index (χ0v) is 13.0. The van der Waals surface area contributed by atoms with Crippen LogP contribution in [0.3, 0.4) is 0 Å². The fourth-order valence-corrected chi connectivity index (χ4v) is 4.07. The number of rotatable bonds is 3. The highest BCUT2D eigenvalue weighted by Crippen LogP contribution is 2.36. The summed E-state index contributed by atoms with van der Waals surface area (Å²) >= 11 is 1.86. The van der Waals surface area contributed by atoms with Gasteiger partial charge in [-0.3, -0.25) is 4.99 Å². The molecule has 20 heavy (non-hydrogen) atoms. The van der Waals surface area contributed by atoms with Crippen LogP contribution in [0.2, 0.25) is 0 Å². The Hall–Kier alpha value is -1.16. The number of fused-ring (bicyclic) bond motifs is 1. The van der Waals surface area contributed by atoms with E-state index >= 15 is 0 Å². The van der Waals surface area contributed by atoms with Gasteiger partial charge in [-0.05, 0) is 24.3 Å². The van der Waals surface area contributed by atoms with Gasteiger partial charge in [-0.2, -0.15) is 0 Å². The van der Waals surface area contributed by atoms with Crippen LogP contribution < -0.4 is 10.1 Å². The predicted octanol–water partition coefficient (Wildman–Crippen LogP) is 3.62. The van der Waals surface area contributed by atoms with Crippen molar-refractivity contribution >= 4 is 16.9 Å². The first-order valence-corrected chi connectivity index (χ1v) is 8.40. The molecule has 1 atom stereocenters. The molecule has 2 aliphatic rings. The van der Waals surface area contributed by atoms with Crippen LogP contribution >= 0.6 is 11.8 Å². The lowest BCUT2D eigenvalue weighted by atomic mass is 9.84. The number of amidine groups is 1. The summed E-state index contributed by atoms with van der Waals surface area (Å²) < 4.78 is 5.71. The molecule has 1 aromatic carbocycles. The molecule has 0 aliphatic carbocycles. The van der Waals surface area contributed by atoms with Crippen LogP contribution in [-0.4, -0.2) is 24.1 Å². The summed E-state index contributed by atoms with van der Waals surface area (Å²) in [4.78, 5) is 4.77. The molecule has 1 N–H and O–H groups in total. The third-order valence-electron chi connectivity index (χ3n) is 4.57. The van der Waals surface area contributed by atoms with E-state index in [1.807, 2.05) is 23.9 Å². The maximum Gasteiger partial charge on any atom is 0.157 e. The van der Waals surface area contributed by atoms with Crippen LogP contribution in [0.25, 0.3) is 0 Å². The number of hydrogen-bond acceptors (Lipinski definition) is 4. The molecule has 108 valence electrons. The second-order valence-corrected chi connectivity index (χ2v) is 6.63. The Morgan fingerprint density at radius 1 is 1.35 bits per heavy atom. The molecule has 0 bridgehead atoms. The number of para-hydroxylation sites is 1. The van der Waals surface area contributed by atoms with Crippen molar-refractivity contribution in [3.63, 3.8) is 0 Å². The first-order valence-electron chi connectivity index (χ1n) is 7.42. The molecule has 4 heteroatoms. The molecular formula is C16H22N2OS. The molecule has 1 aromatic rings. The van der Waals surface area contributed by atoms with Gasteiger partial charge in [0, 0.05) is 17.9 Å². The lowest BCUT2D eigenvalue weighted by Gasteiger charge is -2.33. The van der Waals surface area contributed by atoms with Crippen LogP contribution in [0.1, 0.15) is 38.3 Å². The molecule has 0 radical (unpaired) electrons. The van der Waals surface area contributed by atoms with Gasteiger partial charge in [0.1, 0.15) is 12.4 Å². The Morgan fingerprint density at radius 3 is 2.85 bits per heavy atom. The quantitative estimate of drug-likeness (QED) is 0.923. The van der Waals surface area contributed by atoms with Crippen molar-refractivity contribution < 1.29 is 4.74 Å². The van der Waals surface area contributed by atoms with E-state index in [4.69, 9.17) is 9.73 Å². The monoisotopic (exact) mass is 290 g/mol. The highest BCUT2D eigenvalue weighted by atomic mass is 32.2. The first kappa shape index (κ1) is 13.8. The van der Waals surface area contributed by atoms with E-state index in [0.717, 1.165) is 17.5 Å². The van der Waals surface area contributed by atoms with E-state index < -0.39 is 0 Å². The molecule has 3 nitrogen and oxygen atoms in total. The van der Waals surface area contributed by atoms with Crippen molar-refractivity contribution in [2.45, 2.75) is 32.7 Å². The molecule has 2 aliphatic heterocycles. The second-order valence-electron chi connectivity index (χ2n) is 5.66. The Labute approximate surface area is 125 Å². The maximum atomic E-state index is 5.71. The normalized spacial score (nSPS) is 23.7. The zero-order chi connectivity index (χ0) is 14.0. The smallest absolute Gasteiger partial charge is 0.157 e. The average Bonchev–Trinajstić information content (AvgIpc) is 2.92. The number of thioether (sulfide) groups is 1. The summed E-state index contributed by atoms with van der Waals surface area (Å²) in [6.45, 7) is 6.20. The van der Waals surface area contributed by atoms with E-state index in [0.29, 0.717) is 12.0 Å². The fourth-order valence-electron chi connectivity index (χ4n) is 2.75. The molecule has 0 amide bonds. The molecule has 0 saturated carbocycles. The van der Waals surface area contributed by atoms with Gasteiger partial charge in [-0.25, -0.2) is 0 Å². The maximum absolute atomic E-state index is 5.71. The van der Waals surface area contributed by atoms with Crippen molar-refractivity contribution in [1.29, 1.82) is 0 Å². The van der Waals surface area contributed by atoms with Gasteiger partial charge in [0.15, 0.2) is 5.17 Å². The summed E-state index contributed by atoms with van der Waals surface area (Å²) in [5.74, 6) is 2.17. The van der Waals surface area contributed by atoms with Gasteiger partial charge in [0.2, 0.25) is 0 Å². The lowest BCUT2D eigenvalue weighted by molar-refractivity contribution is 0.314. The molecule has 1 unspecified atom stereocenters. The van der Waals surface area contributed by atoms with Gasteiger partial charge in [-0.1, -0.05) is 43.8 Å². The van der Waals surface area contributed by atoms with Crippen molar-refractivity contribution in [2.75, 3.05) is 18.9 Å². The van der Waals surface area contributed by atoms with Gasteiger partial charge >= 0.3 is 0 Å². The van der Waals surface area contributed by atoms with Crippen LogP contribution in [0.15, 0.2) is 29.3 Å². The van der Waals surface area contributed by atoms with Crippen molar-refractivity contribution in [3.8, 4) is 5.75 Å². The molecule has 0 aromatic heterocycles. The predicted molar refractivity (Wildman–Crippen MR) is 85.6 cm³/mol. The topological polar surface area (TPSA) is 33.6 Å². The first-order chi connectivity index (χ1) is 9.76. The number of benzene rings is 1. The van der Waals surface area contributed by atoms with Crippen molar-refractivity contribution in [2.24, 2.45) is 10.4 Å². The van der Waals surface area contributed by atoms with E-state index in [-0.39, 0.29) is 6.04 Å². The Bertz CT molecular complexity index is 511. The lowest BCUT2D eigenvalue weighted by Crippen LogP contribution is -2.36. The van der Waals surface area contributed by atoms with Gasteiger partial charge in [0.05, 0.1) is 6.04 Å². The molecule has 2 heterocycles. The Kier molecular flexibility index (Phi) is 3.92. The standard InChI is InChI=1S/C16H22N2OS/c1-3-16(4-2)10-17-15(20-11-16)18-13-9-19-14-8-6-5-7-12(13)14/h5-8,13H,3-4,9-11H2,1-2H3,(H,17,18). The summed E-state index contributed by atoms with van der Waals surface area (Å²) in [7, 11) is 0. The number of ether oxygens (including phenoxy) is 1. The van der Waals surface area contributed by atoms with Crippen molar-refractivity contribution in [1.82, 2.24) is 5.32 Å². The number of nitrogens with zero attached hydrogens (tertiary/aromatic N) is 1. The largest absolute Gasteiger partial charge is 0.491 e. The Morgan fingerprint density at radius 2 is 2.15 bits per heavy atom. The third-order valence-corrected chi connectivity index (χ3v) is 5.85. The summed E-state index contributed by atoms with van der Waals surface area (Å²) in [6, 6.07) is 8.50. The third kappa shape index (κ3) is 2.53. The summed E-state index contributed by atoms with van der Waals surface area (Å²) in [5, 5.41) is 4.62. The van der Waals surface area contributed by atoms with E-state index in [1.54, 1.807) is 0 Å². The second kappa shape index (κ2) is 5.68. The van der Waals surface area contributed by atoms with Crippen LogP contribution in [-0.2, 0) is 0 Å². The number of hydrogen-bond donors (Lipinski definition) is 1. The highest BCUT2D eigenvalue weighted by Gasteiger charge is 2.32. The number of nitrogens with one attached hydrogen (secondary N) is 1. The van der Waals surface area contributed by atoms with Crippen LogP contribution in [0, 0.1) is 5.41 Å². The molecule has 3 rings (SSSR count). The van der Waals surface area contributed by atoms with Gasteiger partial charge < -0.3 is 10.1 Å². The zero-order valence-electron chi connectivity index (χ0n) is 12.2. The minimum atomic E-state index is 0.244. The van der Waals surface area contributed by atoms with E-state index in [2.05, 4.69) is 31.3 Å². The van der Waals surface area contributed by atoms with Crippen molar-refractivity contribution in [3.05, 3.63) is 29.8 Å². The minimum Gasteiger partial charge on any atom is -0.491 e. The highest BCUT2D eigenvalue weighted by molar-refractivity contribution is 8.13. The molecule has 0 saturated heterocycles.